The molecule has 0 radical (unpaired) electrons. The quantitative estimate of drug-likeness (QED) is 0.497. The Balaban J connectivity index is 1.47. The first-order chi connectivity index (χ1) is 9.62. The molecule has 2 unspecified atom stereocenters. The molecule has 1 aliphatic heterocycles. The lowest BCUT2D eigenvalue weighted by atomic mass is 9.53. The van der Waals surface area contributed by atoms with Gasteiger partial charge in [0.1, 0.15) is 0 Å². The molecule has 0 aromatic carbocycles. The van der Waals surface area contributed by atoms with E-state index in [0.29, 0.717) is 11.8 Å². The Hall–Kier alpha value is 0.170. The zero-order valence-electron chi connectivity index (χ0n) is 11.9. The summed E-state index contributed by atoms with van der Waals surface area (Å²) >= 11 is 6.82. The Morgan fingerprint density at radius 2 is 1.55 bits per heavy atom. The lowest BCUT2D eigenvalue weighted by molar-refractivity contribution is -0.388. The lowest BCUT2D eigenvalue weighted by Gasteiger charge is -2.60. The highest BCUT2D eigenvalue weighted by atomic mass is 35.5. The molecule has 2 atom stereocenters. The van der Waals surface area contributed by atoms with Gasteiger partial charge in [0.2, 0.25) is 11.6 Å². The van der Waals surface area contributed by atoms with Gasteiger partial charge in [-0.15, -0.1) is 11.6 Å². The predicted octanol–water partition coefficient (Wildman–Crippen LogP) is 4.14. The monoisotopic (exact) mass is 298 g/mol. The molecule has 2 spiro atoms. The first-order valence-electron chi connectivity index (χ1n) is 8.38. The number of hydrogen-bond donors (Lipinski definition) is 0. The maximum Gasteiger partial charge on any atom is 0.210 e. The van der Waals surface area contributed by atoms with Crippen molar-refractivity contribution in [1.29, 1.82) is 0 Å². The average molecular weight is 299 g/mol. The van der Waals surface area contributed by atoms with E-state index in [0.717, 1.165) is 31.6 Å². The zero-order chi connectivity index (χ0) is 13.4. The summed E-state index contributed by atoms with van der Waals surface area (Å²) < 4.78 is 6.60. The lowest BCUT2D eigenvalue weighted by Crippen LogP contribution is -2.63. The molecule has 6 aliphatic rings. The maximum atomic E-state index is 6.82. The van der Waals surface area contributed by atoms with Gasteiger partial charge in [0.15, 0.2) is 0 Å². The third-order valence-electron chi connectivity index (χ3n) is 6.54. The number of halogens is 1. The van der Waals surface area contributed by atoms with Crippen LogP contribution in [0.25, 0.3) is 0 Å². The van der Waals surface area contributed by atoms with Crippen LogP contribution >= 0.6 is 11.6 Å². The van der Waals surface area contributed by atoms with Crippen molar-refractivity contribution in [1.82, 2.24) is 0 Å². The second-order valence-corrected chi connectivity index (χ2v) is 8.76. The van der Waals surface area contributed by atoms with Crippen LogP contribution in [0.4, 0.5) is 0 Å². The van der Waals surface area contributed by atoms with E-state index in [1.54, 1.807) is 0 Å². The minimum absolute atomic E-state index is 0.0246. The van der Waals surface area contributed by atoms with Crippen molar-refractivity contribution < 1.29 is 14.5 Å². The van der Waals surface area contributed by atoms with Gasteiger partial charge in [0.25, 0.3) is 0 Å². The first kappa shape index (κ1) is 12.7. The number of ether oxygens (including phenoxy) is 1. The summed E-state index contributed by atoms with van der Waals surface area (Å²) in [6.07, 6.45) is 11.4. The molecule has 1 heterocycles. The summed E-state index contributed by atoms with van der Waals surface area (Å²) in [7, 11) is 0. The fraction of sp³-hybridized carbons (Fsp3) is 1.00. The van der Waals surface area contributed by atoms with E-state index < -0.39 is 11.6 Å². The van der Waals surface area contributed by atoms with Crippen LogP contribution in [0.3, 0.4) is 0 Å². The van der Waals surface area contributed by atoms with Crippen molar-refractivity contribution in [2.75, 3.05) is 0 Å². The summed E-state index contributed by atoms with van der Waals surface area (Å²) in [4.78, 5) is 11.8. The smallest absolute Gasteiger partial charge is 0.210 e. The van der Waals surface area contributed by atoms with Crippen molar-refractivity contribution in [2.45, 2.75) is 80.7 Å². The minimum Gasteiger partial charge on any atom is -0.312 e. The van der Waals surface area contributed by atoms with E-state index in [1.807, 2.05) is 0 Å². The summed E-state index contributed by atoms with van der Waals surface area (Å²) in [5.74, 6) is 0.755. The minimum atomic E-state index is -0.466. The van der Waals surface area contributed by atoms with Gasteiger partial charge in [-0.3, -0.25) is 0 Å². The molecule has 20 heavy (non-hydrogen) atoms. The molecule has 3 nitrogen and oxygen atoms in total. The van der Waals surface area contributed by atoms with Crippen molar-refractivity contribution in [3.05, 3.63) is 0 Å². The number of hydrogen-bond acceptors (Lipinski definition) is 3. The van der Waals surface area contributed by atoms with Crippen LogP contribution in [-0.4, -0.2) is 16.4 Å². The van der Waals surface area contributed by atoms with Crippen LogP contribution < -0.4 is 0 Å². The second-order valence-electron chi connectivity index (χ2n) is 7.96. The summed E-state index contributed by atoms with van der Waals surface area (Å²) in [5.41, 5.74) is 0. The summed E-state index contributed by atoms with van der Waals surface area (Å²) in [6, 6.07) is 0. The zero-order valence-corrected chi connectivity index (χ0v) is 12.7. The van der Waals surface area contributed by atoms with Gasteiger partial charge in [-0.25, -0.2) is 0 Å². The van der Waals surface area contributed by atoms with E-state index in [-0.39, 0.29) is 4.87 Å². The van der Waals surface area contributed by atoms with Crippen molar-refractivity contribution >= 4 is 11.6 Å². The van der Waals surface area contributed by atoms with Gasteiger partial charge in [-0.05, 0) is 50.9 Å². The predicted molar refractivity (Wildman–Crippen MR) is 73.9 cm³/mol. The molecule has 0 N–H and O–H groups in total. The molecule has 5 saturated carbocycles. The van der Waals surface area contributed by atoms with Gasteiger partial charge in [-0.2, -0.15) is 9.78 Å². The summed E-state index contributed by atoms with van der Waals surface area (Å²) in [6.45, 7) is 0. The number of rotatable bonds is 0. The van der Waals surface area contributed by atoms with Crippen molar-refractivity contribution in [3.8, 4) is 0 Å². The topological polar surface area (TPSA) is 27.7 Å². The Morgan fingerprint density at radius 1 is 0.850 bits per heavy atom. The van der Waals surface area contributed by atoms with E-state index in [1.165, 1.54) is 38.5 Å². The Kier molecular flexibility index (Phi) is 2.49. The van der Waals surface area contributed by atoms with Gasteiger partial charge < -0.3 is 4.74 Å². The third-order valence-corrected chi connectivity index (χ3v) is 7.00. The fourth-order valence-corrected chi connectivity index (χ4v) is 6.47. The highest BCUT2D eigenvalue weighted by Gasteiger charge is 2.69. The molecule has 4 bridgehead atoms. The van der Waals surface area contributed by atoms with Gasteiger partial charge in [0, 0.05) is 29.6 Å². The highest BCUT2D eigenvalue weighted by molar-refractivity contribution is 6.24. The highest BCUT2D eigenvalue weighted by Crippen LogP contribution is 2.66. The molecule has 0 amide bonds. The van der Waals surface area contributed by atoms with E-state index in [4.69, 9.17) is 26.1 Å². The normalized spacial score (nSPS) is 56.0. The largest absolute Gasteiger partial charge is 0.312 e. The molecule has 0 aromatic heterocycles. The molecule has 6 fully saturated rings. The van der Waals surface area contributed by atoms with E-state index in [9.17, 15) is 0 Å². The summed E-state index contributed by atoms with van der Waals surface area (Å²) in [5, 5.41) is 0. The molecular formula is C16H23ClO3. The van der Waals surface area contributed by atoms with Crippen molar-refractivity contribution in [3.63, 3.8) is 0 Å². The van der Waals surface area contributed by atoms with Crippen LogP contribution in [0.2, 0.25) is 0 Å². The first-order valence-corrected chi connectivity index (χ1v) is 8.75. The van der Waals surface area contributed by atoms with Crippen LogP contribution in [-0.2, 0) is 14.5 Å². The van der Waals surface area contributed by atoms with E-state index >= 15 is 0 Å². The molecule has 6 rings (SSSR count). The molecule has 0 aromatic rings. The van der Waals surface area contributed by atoms with Gasteiger partial charge in [-0.1, -0.05) is 6.42 Å². The van der Waals surface area contributed by atoms with Crippen LogP contribution in [0.15, 0.2) is 0 Å². The van der Waals surface area contributed by atoms with Crippen LogP contribution in [0, 0.1) is 17.8 Å². The molecule has 112 valence electrons. The molecule has 5 aliphatic carbocycles. The van der Waals surface area contributed by atoms with E-state index in [2.05, 4.69) is 0 Å². The Labute approximate surface area is 125 Å². The SMILES string of the molecule is ClC12CC3CC(C1)C1(OOC4(CCCCC4)O1)C(C3)C2. The maximum absolute atomic E-state index is 6.82. The number of alkyl halides is 1. The third kappa shape index (κ3) is 1.58. The van der Waals surface area contributed by atoms with Gasteiger partial charge in [0.05, 0.1) is 0 Å². The Bertz CT molecular complexity index is 415. The molecule has 4 heteroatoms. The van der Waals surface area contributed by atoms with Gasteiger partial charge >= 0.3 is 0 Å². The fourth-order valence-electron chi connectivity index (χ4n) is 5.88. The van der Waals surface area contributed by atoms with Crippen LogP contribution in [0.5, 0.6) is 0 Å². The average Bonchev–Trinajstić information content (AvgIpc) is 2.76. The van der Waals surface area contributed by atoms with Crippen LogP contribution in [0.1, 0.15) is 64.2 Å². The van der Waals surface area contributed by atoms with Crippen molar-refractivity contribution in [2.24, 2.45) is 17.8 Å². The molecular weight excluding hydrogens is 276 g/mol. The Morgan fingerprint density at radius 3 is 2.20 bits per heavy atom. The molecule has 1 saturated heterocycles. The standard InChI is InChI=1S/C16H23ClO3/c17-14-8-11-6-12(9-14)16(13(7-11)10-14)18-15(19-20-16)4-2-1-3-5-15/h11-13H,1-10H2. The second kappa shape index (κ2) is 3.92.